The summed E-state index contributed by atoms with van der Waals surface area (Å²) in [5, 5.41) is 3.10. The van der Waals surface area contributed by atoms with Crippen molar-refractivity contribution in [3.8, 4) is 0 Å². The highest BCUT2D eigenvalue weighted by molar-refractivity contribution is 7.13. The van der Waals surface area contributed by atoms with Gasteiger partial charge in [-0.1, -0.05) is 0 Å². The maximum Gasteiger partial charge on any atom is 0.185 e. The third kappa shape index (κ3) is 1.89. The second-order valence-electron chi connectivity index (χ2n) is 3.42. The average Bonchev–Trinajstić information content (AvgIpc) is 2.86. The van der Waals surface area contributed by atoms with Crippen molar-refractivity contribution >= 4 is 16.5 Å². The lowest BCUT2D eigenvalue weighted by molar-refractivity contribution is 0.121. The summed E-state index contributed by atoms with van der Waals surface area (Å²) in [4.78, 5) is 6.71. The Bertz CT molecular complexity index is 302. The first-order valence-electron chi connectivity index (χ1n) is 4.75. The van der Waals surface area contributed by atoms with Crippen molar-refractivity contribution in [3.63, 3.8) is 0 Å². The summed E-state index contributed by atoms with van der Waals surface area (Å²) in [6.07, 6.45) is 1.45. The number of nitrogens with two attached hydrogens (primary N) is 1. The van der Waals surface area contributed by atoms with Gasteiger partial charge in [0.1, 0.15) is 0 Å². The van der Waals surface area contributed by atoms with Crippen LogP contribution in [0.1, 0.15) is 12.1 Å². The highest BCUT2D eigenvalue weighted by Crippen LogP contribution is 2.25. The Morgan fingerprint density at radius 3 is 3.21 bits per heavy atom. The molecule has 0 radical (unpaired) electrons. The highest BCUT2D eigenvalue weighted by atomic mass is 32.1. The van der Waals surface area contributed by atoms with E-state index in [9.17, 15) is 0 Å². The van der Waals surface area contributed by atoms with E-state index in [1.807, 2.05) is 5.38 Å². The Morgan fingerprint density at radius 1 is 1.79 bits per heavy atom. The molecule has 0 saturated carbocycles. The molecule has 1 aromatic rings. The predicted molar refractivity (Wildman–Crippen MR) is 57.6 cm³/mol. The summed E-state index contributed by atoms with van der Waals surface area (Å²) >= 11 is 1.66. The Balaban J connectivity index is 2.02. The Kier molecular flexibility index (Phi) is 3.00. The first kappa shape index (κ1) is 9.89. The molecule has 0 aliphatic carbocycles. The number of methoxy groups -OCH3 is 1. The molecular weight excluding hydrogens is 198 g/mol. The molecule has 2 rings (SSSR count). The van der Waals surface area contributed by atoms with Crippen LogP contribution in [0.4, 0.5) is 5.13 Å². The zero-order valence-electron chi connectivity index (χ0n) is 8.27. The number of anilines is 1. The van der Waals surface area contributed by atoms with Crippen molar-refractivity contribution in [1.82, 2.24) is 4.98 Å². The number of nitrogens with zero attached hydrogens (tertiary/aromatic N) is 2. The summed E-state index contributed by atoms with van der Waals surface area (Å²) in [6, 6.07) is 0. The summed E-state index contributed by atoms with van der Waals surface area (Å²) in [5.41, 5.74) is 6.49. The molecule has 5 heteroatoms. The molecule has 1 atom stereocenters. The Labute approximate surface area is 87.7 Å². The Morgan fingerprint density at radius 2 is 2.64 bits per heavy atom. The molecule has 0 aromatic carbocycles. The number of aromatic nitrogens is 1. The highest BCUT2D eigenvalue weighted by Gasteiger charge is 2.23. The van der Waals surface area contributed by atoms with Crippen molar-refractivity contribution in [2.75, 3.05) is 25.1 Å². The molecule has 0 spiro atoms. The molecule has 14 heavy (non-hydrogen) atoms. The minimum atomic E-state index is 0.361. The molecule has 0 amide bonds. The van der Waals surface area contributed by atoms with Gasteiger partial charge < -0.3 is 15.4 Å². The van der Waals surface area contributed by atoms with E-state index >= 15 is 0 Å². The molecule has 4 nitrogen and oxygen atoms in total. The molecule has 1 aliphatic rings. The van der Waals surface area contributed by atoms with Crippen LogP contribution in [-0.2, 0) is 11.3 Å². The quantitative estimate of drug-likeness (QED) is 0.808. The van der Waals surface area contributed by atoms with Crippen LogP contribution in [0.15, 0.2) is 5.38 Å². The lowest BCUT2D eigenvalue weighted by atomic mass is 10.3. The normalized spacial score (nSPS) is 21.9. The van der Waals surface area contributed by atoms with E-state index in [1.54, 1.807) is 18.4 Å². The van der Waals surface area contributed by atoms with E-state index in [0.29, 0.717) is 12.6 Å². The van der Waals surface area contributed by atoms with Crippen LogP contribution in [0.3, 0.4) is 0 Å². The fourth-order valence-corrected chi connectivity index (χ4v) is 2.50. The number of thiazole rings is 1. The average molecular weight is 213 g/mol. The molecule has 1 aromatic heterocycles. The molecule has 1 unspecified atom stereocenters. The lowest BCUT2D eigenvalue weighted by Gasteiger charge is -2.13. The first-order valence-corrected chi connectivity index (χ1v) is 5.63. The number of rotatable bonds is 3. The van der Waals surface area contributed by atoms with Crippen LogP contribution >= 0.6 is 11.3 Å². The molecule has 1 saturated heterocycles. The summed E-state index contributed by atoms with van der Waals surface area (Å²) in [7, 11) is 1.77. The maximum atomic E-state index is 5.52. The molecule has 1 aliphatic heterocycles. The molecule has 1 fully saturated rings. The van der Waals surface area contributed by atoms with Gasteiger partial charge in [-0.15, -0.1) is 11.3 Å². The van der Waals surface area contributed by atoms with Crippen LogP contribution in [-0.4, -0.2) is 31.3 Å². The molecule has 2 N–H and O–H groups in total. The van der Waals surface area contributed by atoms with E-state index in [2.05, 4.69) is 9.88 Å². The van der Waals surface area contributed by atoms with Gasteiger partial charge in [0.2, 0.25) is 0 Å². The van der Waals surface area contributed by atoms with Crippen molar-refractivity contribution in [2.24, 2.45) is 5.73 Å². The first-order chi connectivity index (χ1) is 6.83. The van der Waals surface area contributed by atoms with E-state index in [1.165, 1.54) is 0 Å². The summed E-state index contributed by atoms with van der Waals surface area (Å²) < 4.78 is 5.31. The summed E-state index contributed by atoms with van der Waals surface area (Å²) in [5.74, 6) is 0. The van der Waals surface area contributed by atoms with Gasteiger partial charge >= 0.3 is 0 Å². The minimum absolute atomic E-state index is 0.361. The van der Waals surface area contributed by atoms with E-state index in [0.717, 1.165) is 30.3 Å². The van der Waals surface area contributed by atoms with Crippen LogP contribution in [0.2, 0.25) is 0 Å². The predicted octanol–water partition coefficient (Wildman–Crippen LogP) is 0.827. The van der Waals surface area contributed by atoms with Gasteiger partial charge in [0.25, 0.3) is 0 Å². The van der Waals surface area contributed by atoms with Gasteiger partial charge in [-0.05, 0) is 6.42 Å². The van der Waals surface area contributed by atoms with Gasteiger partial charge in [0.05, 0.1) is 11.8 Å². The zero-order valence-corrected chi connectivity index (χ0v) is 9.09. The number of ether oxygens (including phenoxy) is 1. The van der Waals surface area contributed by atoms with E-state index < -0.39 is 0 Å². The van der Waals surface area contributed by atoms with Crippen molar-refractivity contribution in [1.29, 1.82) is 0 Å². The van der Waals surface area contributed by atoms with Crippen molar-refractivity contribution < 1.29 is 4.74 Å². The fourth-order valence-electron chi connectivity index (χ4n) is 1.63. The fraction of sp³-hybridized carbons (Fsp3) is 0.667. The van der Waals surface area contributed by atoms with Crippen molar-refractivity contribution in [2.45, 2.75) is 19.1 Å². The zero-order chi connectivity index (χ0) is 9.97. The van der Waals surface area contributed by atoms with Gasteiger partial charge in [0, 0.05) is 32.1 Å². The smallest absolute Gasteiger partial charge is 0.185 e. The van der Waals surface area contributed by atoms with E-state index in [-0.39, 0.29) is 0 Å². The van der Waals surface area contributed by atoms with E-state index in [4.69, 9.17) is 10.5 Å². The molecule has 78 valence electrons. The largest absolute Gasteiger partial charge is 0.380 e. The third-order valence-corrected chi connectivity index (χ3v) is 3.45. The summed E-state index contributed by atoms with van der Waals surface area (Å²) in [6.45, 7) is 2.52. The number of hydrogen-bond donors (Lipinski definition) is 1. The van der Waals surface area contributed by atoms with Crippen LogP contribution in [0.25, 0.3) is 0 Å². The van der Waals surface area contributed by atoms with Crippen LogP contribution in [0, 0.1) is 0 Å². The van der Waals surface area contributed by atoms with Gasteiger partial charge in [-0.3, -0.25) is 0 Å². The van der Waals surface area contributed by atoms with Gasteiger partial charge in [-0.25, -0.2) is 4.98 Å². The van der Waals surface area contributed by atoms with Crippen molar-refractivity contribution in [3.05, 3.63) is 11.1 Å². The Hall–Kier alpha value is -0.650. The second-order valence-corrected chi connectivity index (χ2v) is 4.25. The standard InChI is InChI=1S/C9H15N3OS/c1-13-8-2-3-12(5-8)9-11-7(4-10)6-14-9/h6,8H,2-5,10H2,1H3. The minimum Gasteiger partial charge on any atom is -0.380 e. The maximum absolute atomic E-state index is 5.52. The monoisotopic (exact) mass is 213 g/mol. The van der Waals surface area contributed by atoms with Gasteiger partial charge in [0.15, 0.2) is 5.13 Å². The second kappa shape index (κ2) is 4.25. The van der Waals surface area contributed by atoms with Crippen LogP contribution in [0.5, 0.6) is 0 Å². The number of hydrogen-bond acceptors (Lipinski definition) is 5. The third-order valence-electron chi connectivity index (χ3n) is 2.50. The molecule has 2 heterocycles. The molecule has 0 bridgehead atoms. The molecular formula is C9H15N3OS. The SMILES string of the molecule is COC1CCN(c2nc(CN)cs2)C1. The lowest BCUT2D eigenvalue weighted by Crippen LogP contribution is -2.22. The van der Waals surface area contributed by atoms with Gasteiger partial charge in [-0.2, -0.15) is 0 Å². The topological polar surface area (TPSA) is 51.4 Å². The van der Waals surface area contributed by atoms with Crippen LogP contribution < -0.4 is 10.6 Å².